The van der Waals surface area contributed by atoms with Gasteiger partial charge in [-0.25, -0.2) is 4.68 Å². The van der Waals surface area contributed by atoms with Crippen LogP contribution < -0.4 is 15.6 Å². The molecule has 2 heterocycles. The van der Waals surface area contributed by atoms with E-state index in [1.807, 2.05) is 6.07 Å². The summed E-state index contributed by atoms with van der Waals surface area (Å²) < 4.78 is 6.57. The molecule has 2 aromatic heterocycles. The molecular weight excluding hydrogens is 380 g/mol. The number of rotatable bonds is 7. The van der Waals surface area contributed by atoms with E-state index in [1.165, 1.54) is 17.9 Å². The standard InChI is InChI=1S/C20H19ClN4O3/c1-28-18-8-6-15(21)12-17(18)23-19(26)5-3-11-25-20(27)9-7-16(24-25)14-4-2-10-22-13-14/h2,4,6-10,12-13H,3,5,11H2,1H3,(H,23,26). The monoisotopic (exact) mass is 398 g/mol. The Balaban J connectivity index is 1.61. The largest absolute Gasteiger partial charge is 0.495 e. The molecule has 3 rings (SSSR count). The lowest BCUT2D eigenvalue weighted by atomic mass is 10.2. The first-order valence-corrected chi connectivity index (χ1v) is 9.06. The molecule has 0 aliphatic heterocycles. The molecule has 1 N–H and O–H groups in total. The molecule has 0 aliphatic rings. The SMILES string of the molecule is COc1ccc(Cl)cc1NC(=O)CCCn1nc(-c2cccnc2)ccc1=O. The van der Waals surface area contributed by atoms with Gasteiger partial charge in [-0.15, -0.1) is 0 Å². The minimum Gasteiger partial charge on any atom is -0.495 e. The number of pyridine rings is 1. The molecule has 144 valence electrons. The maximum atomic E-state index is 12.2. The highest BCUT2D eigenvalue weighted by molar-refractivity contribution is 6.31. The van der Waals surface area contributed by atoms with E-state index in [2.05, 4.69) is 15.4 Å². The van der Waals surface area contributed by atoms with E-state index in [0.717, 1.165) is 5.56 Å². The van der Waals surface area contributed by atoms with Crippen LogP contribution in [0.3, 0.4) is 0 Å². The number of methoxy groups -OCH3 is 1. The summed E-state index contributed by atoms with van der Waals surface area (Å²) in [5, 5.41) is 7.63. The zero-order chi connectivity index (χ0) is 19.9. The molecule has 0 radical (unpaired) electrons. The third-order valence-corrected chi connectivity index (χ3v) is 4.27. The lowest BCUT2D eigenvalue weighted by molar-refractivity contribution is -0.116. The summed E-state index contributed by atoms with van der Waals surface area (Å²) in [4.78, 5) is 28.3. The van der Waals surface area contributed by atoms with Gasteiger partial charge in [0.05, 0.1) is 18.5 Å². The fourth-order valence-electron chi connectivity index (χ4n) is 2.66. The number of nitrogens with zero attached hydrogens (tertiary/aromatic N) is 3. The van der Waals surface area contributed by atoms with Gasteiger partial charge in [0.15, 0.2) is 0 Å². The lowest BCUT2D eigenvalue weighted by Gasteiger charge is -2.11. The Morgan fingerprint density at radius 1 is 1.25 bits per heavy atom. The first-order valence-electron chi connectivity index (χ1n) is 8.69. The normalized spacial score (nSPS) is 10.5. The van der Waals surface area contributed by atoms with Crippen LogP contribution in [0.5, 0.6) is 5.75 Å². The van der Waals surface area contributed by atoms with Crippen molar-refractivity contribution in [1.82, 2.24) is 14.8 Å². The van der Waals surface area contributed by atoms with E-state index in [0.29, 0.717) is 35.1 Å². The van der Waals surface area contributed by atoms with Gasteiger partial charge in [-0.1, -0.05) is 11.6 Å². The van der Waals surface area contributed by atoms with Crippen LogP contribution >= 0.6 is 11.6 Å². The molecule has 0 atom stereocenters. The topological polar surface area (TPSA) is 86.1 Å². The molecule has 0 unspecified atom stereocenters. The van der Waals surface area contributed by atoms with Gasteiger partial charge in [0.1, 0.15) is 5.75 Å². The third kappa shape index (κ3) is 4.95. The Morgan fingerprint density at radius 2 is 2.11 bits per heavy atom. The summed E-state index contributed by atoms with van der Waals surface area (Å²) >= 11 is 5.97. The second-order valence-electron chi connectivity index (χ2n) is 6.02. The molecule has 0 bridgehead atoms. The van der Waals surface area contributed by atoms with Crippen molar-refractivity contribution >= 4 is 23.2 Å². The highest BCUT2D eigenvalue weighted by atomic mass is 35.5. The number of carbonyl (C=O) groups is 1. The van der Waals surface area contributed by atoms with Crippen molar-refractivity contribution in [2.75, 3.05) is 12.4 Å². The van der Waals surface area contributed by atoms with E-state index in [4.69, 9.17) is 16.3 Å². The number of halogens is 1. The van der Waals surface area contributed by atoms with E-state index >= 15 is 0 Å². The summed E-state index contributed by atoms with van der Waals surface area (Å²) in [7, 11) is 1.52. The zero-order valence-corrected chi connectivity index (χ0v) is 16.0. The summed E-state index contributed by atoms with van der Waals surface area (Å²) in [5.41, 5.74) is 1.77. The number of carbonyl (C=O) groups excluding carboxylic acids is 1. The number of hydrogen-bond acceptors (Lipinski definition) is 5. The molecule has 0 aliphatic carbocycles. The predicted molar refractivity (Wildman–Crippen MR) is 108 cm³/mol. The minimum atomic E-state index is -0.218. The van der Waals surface area contributed by atoms with Gasteiger partial charge in [-0.05, 0) is 42.8 Å². The van der Waals surface area contributed by atoms with E-state index in [1.54, 1.807) is 42.7 Å². The second-order valence-corrected chi connectivity index (χ2v) is 6.45. The Kier molecular flexibility index (Phi) is 6.39. The number of nitrogens with one attached hydrogen (secondary N) is 1. The fraction of sp³-hybridized carbons (Fsp3) is 0.200. The number of aromatic nitrogens is 3. The first kappa shape index (κ1) is 19.6. The van der Waals surface area contributed by atoms with Gasteiger partial charge >= 0.3 is 0 Å². The number of amides is 1. The molecule has 0 saturated carbocycles. The van der Waals surface area contributed by atoms with Crippen LogP contribution in [0.1, 0.15) is 12.8 Å². The molecule has 0 saturated heterocycles. The molecule has 0 spiro atoms. The van der Waals surface area contributed by atoms with Crippen LogP contribution in [-0.2, 0) is 11.3 Å². The quantitative estimate of drug-likeness (QED) is 0.659. The van der Waals surface area contributed by atoms with Crippen molar-refractivity contribution in [3.05, 3.63) is 70.2 Å². The number of anilines is 1. The summed E-state index contributed by atoms with van der Waals surface area (Å²) in [5.74, 6) is 0.330. The average Bonchev–Trinajstić information content (AvgIpc) is 2.70. The number of ether oxygens (including phenoxy) is 1. The third-order valence-electron chi connectivity index (χ3n) is 4.03. The van der Waals surface area contributed by atoms with E-state index in [9.17, 15) is 9.59 Å². The predicted octanol–water partition coefficient (Wildman–Crippen LogP) is 3.39. The molecule has 3 aromatic rings. The lowest BCUT2D eigenvalue weighted by Crippen LogP contribution is -2.23. The molecular formula is C20H19ClN4O3. The van der Waals surface area contributed by atoms with Crippen LogP contribution in [0.4, 0.5) is 5.69 Å². The minimum absolute atomic E-state index is 0.197. The molecule has 8 heteroatoms. The maximum Gasteiger partial charge on any atom is 0.266 e. The molecule has 1 amide bonds. The molecule has 7 nitrogen and oxygen atoms in total. The van der Waals surface area contributed by atoms with Crippen LogP contribution in [0.15, 0.2) is 59.7 Å². The Labute approximate surface area is 166 Å². The number of hydrogen-bond donors (Lipinski definition) is 1. The summed E-state index contributed by atoms with van der Waals surface area (Å²) in [6.45, 7) is 0.326. The van der Waals surface area contributed by atoms with Gasteiger partial charge in [0, 0.05) is 42.0 Å². The number of benzene rings is 1. The smallest absolute Gasteiger partial charge is 0.266 e. The highest BCUT2D eigenvalue weighted by Crippen LogP contribution is 2.27. The van der Waals surface area contributed by atoms with E-state index in [-0.39, 0.29) is 17.9 Å². The van der Waals surface area contributed by atoms with Crippen molar-refractivity contribution in [2.24, 2.45) is 0 Å². The maximum absolute atomic E-state index is 12.2. The second kappa shape index (κ2) is 9.14. The van der Waals surface area contributed by atoms with Gasteiger partial charge in [-0.3, -0.25) is 14.6 Å². The van der Waals surface area contributed by atoms with Crippen molar-refractivity contribution < 1.29 is 9.53 Å². The summed E-state index contributed by atoms with van der Waals surface area (Å²) in [6, 6.07) is 11.8. The van der Waals surface area contributed by atoms with Gasteiger partial charge in [-0.2, -0.15) is 5.10 Å². The van der Waals surface area contributed by atoms with Gasteiger partial charge in [0.25, 0.3) is 5.56 Å². The Hall–Kier alpha value is -3.19. The van der Waals surface area contributed by atoms with Crippen LogP contribution in [-0.4, -0.2) is 27.8 Å². The van der Waals surface area contributed by atoms with Crippen LogP contribution in [0.25, 0.3) is 11.3 Å². The van der Waals surface area contributed by atoms with Gasteiger partial charge in [0.2, 0.25) is 5.91 Å². The van der Waals surface area contributed by atoms with E-state index < -0.39 is 0 Å². The first-order chi connectivity index (χ1) is 13.6. The van der Waals surface area contributed by atoms with Crippen molar-refractivity contribution in [2.45, 2.75) is 19.4 Å². The van der Waals surface area contributed by atoms with Crippen LogP contribution in [0.2, 0.25) is 5.02 Å². The molecule has 0 fully saturated rings. The Morgan fingerprint density at radius 3 is 2.86 bits per heavy atom. The number of aryl methyl sites for hydroxylation is 1. The highest BCUT2D eigenvalue weighted by Gasteiger charge is 2.09. The molecule has 28 heavy (non-hydrogen) atoms. The van der Waals surface area contributed by atoms with Gasteiger partial charge < -0.3 is 10.1 Å². The van der Waals surface area contributed by atoms with Crippen molar-refractivity contribution in [3.8, 4) is 17.0 Å². The van der Waals surface area contributed by atoms with Crippen molar-refractivity contribution in [1.29, 1.82) is 0 Å². The average molecular weight is 399 g/mol. The summed E-state index contributed by atoms with van der Waals surface area (Å²) in [6.07, 6.45) is 4.04. The Bertz CT molecular complexity index is 1020. The fourth-order valence-corrected chi connectivity index (χ4v) is 2.83. The van der Waals surface area contributed by atoms with Crippen molar-refractivity contribution in [3.63, 3.8) is 0 Å². The zero-order valence-electron chi connectivity index (χ0n) is 15.3. The molecule has 1 aromatic carbocycles. The van der Waals surface area contributed by atoms with Crippen LogP contribution in [0, 0.1) is 0 Å².